The van der Waals surface area contributed by atoms with Crippen LogP contribution in [0.3, 0.4) is 0 Å². The van der Waals surface area contributed by atoms with Crippen LogP contribution in [0.25, 0.3) is 0 Å². The second-order valence-corrected chi connectivity index (χ2v) is 34.6. The molecule has 18 N–H and O–H groups in total. The molecule has 1 aromatic carbocycles. The Morgan fingerprint density at radius 1 is 0.455 bits per heavy atom. The molecule has 1 unspecified atom stereocenters. The maximum Gasteiger partial charge on any atom is 0.407 e. The van der Waals surface area contributed by atoms with E-state index in [4.69, 9.17) is 28.4 Å². The second-order valence-electron chi connectivity index (χ2n) is 34.6. The number of hydrogen-bond donors (Lipinski definition) is 18. The molecule has 0 aromatic heterocycles. The van der Waals surface area contributed by atoms with Crippen LogP contribution < -0.4 is 85.1 Å². The molecule has 121 heavy (non-hydrogen) atoms. The molecule has 0 spiro atoms. The first kappa shape index (κ1) is 106. The predicted molar refractivity (Wildman–Crippen MR) is 439 cm³/mol. The second kappa shape index (κ2) is 51.0. The third-order valence-corrected chi connectivity index (χ3v) is 16.8. The number of carbonyl (C=O) groups is 17. The van der Waals surface area contributed by atoms with Gasteiger partial charge in [-0.25, -0.2) is 24.0 Å². The van der Waals surface area contributed by atoms with Crippen LogP contribution in [0.5, 0.6) is 0 Å². The predicted octanol–water partition coefficient (Wildman–Crippen LogP) is 1.10. The molecule has 684 valence electrons. The van der Waals surface area contributed by atoms with Crippen LogP contribution in [-0.2, 0) is 92.4 Å². The van der Waals surface area contributed by atoms with Gasteiger partial charge in [0.25, 0.3) is 0 Å². The third kappa shape index (κ3) is 46.5. The van der Waals surface area contributed by atoms with Gasteiger partial charge in [0.2, 0.25) is 65.0 Å². The minimum Gasteiger partial charge on any atom is -0.466 e. The lowest BCUT2D eigenvalue weighted by atomic mass is 10.00. The van der Waals surface area contributed by atoms with Gasteiger partial charge in [0.05, 0.1) is 25.2 Å². The summed E-state index contributed by atoms with van der Waals surface area (Å²) >= 11 is 0. The number of esters is 1. The highest BCUT2D eigenvalue weighted by Crippen LogP contribution is 2.16. The highest BCUT2D eigenvalue weighted by atomic mass is 16.6. The number of unbranched alkanes of at least 4 members (excludes halogenated alkanes) is 1. The van der Waals surface area contributed by atoms with Crippen molar-refractivity contribution in [2.45, 2.75) is 316 Å². The molecule has 0 aliphatic carbocycles. The standard InChI is InChI=1S/C80H134N16O25/c1-21-22-42-116-58(100)29-28-57(99)87-49(31-37-82-71(111)117-76(6,7)8)65(105)96-60(47(5)98)70(110)92-53(34-40-85-74(114)120-79(15,16)17)63(103)88-50-30-36-81-69(109)59(46(4)97)95-66(106)54(35-41-86-75(115)121-80(18,19)20)90-62(102)51(32-38-83-72(112)118-77(9,10)11)91-67(107)55(43-45(2)3)93-68(108)56(44-48-26-24-23-25-27-48)94-64(104)52(89-61(50)101)33-39-84-73(113)119-78(12,13)14/h23-27,45-47,49-56,59-60,97-98H,21-22,28-44H2,1-20H3,(H,81,109)(H,82,111)(H,83,112)(H,84,113)(H,85,114)(H,86,115)(H,87,99)(H,88,103)(H,89,101)(H,90,102)(H,91,107)(H,92,110)(H,93,108)(H,94,104)(H,95,106)(H,96,105)/t46-,47?,49-,50-,51-,52-,53-,54-,55-,56+,59-,60-/m0/s1. The number of hydrogen-bond acceptors (Lipinski definition) is 25. The summed E-state index contributed by atoms with van der Waals surface area (Å²) < 4.78 is 32.0. The molecular formula is C80H134N16O25. The van der Waals surface area contributed by atoms with Crippen LogP contribution in [-0.4, -0.2) is 258 Å². The van der Waals surface area contributed by atoms with Crippen LogP contribution in [0, 0.1) is 5.92 Å². The Balaban J connectivity index is 3.11. The fourth-order valence-electron chi connectivity index (χ4n) is 11.1. The lowest BCUT2D eigenvalue weighted by Crippen LogP contribution is -2.62. The Bertz CT molecular complexity index is 3620. The first-order valence-corrected chi connectivity index (χ1v) is 40.7. The van der Waals surface area contributed by atoms with Gasteiger partial charge in [0.15, 0.2) is 0 Å². The molecule has 16 amide bonds. The summed E-state index contributed by atoms with van der Waals surface area (Å²) in [5, 5.41) is 62.7. The van der Waals surface area contributed by atoms with Crippen molar-refractivity contribution >= 4 is 101 Å². The highest BCUT2D eigenvalue weighted by molar-refractivity contribution is 6.00. The highest BCUT2D eigenvalue weighted by Gasteiger charge is 2.39. The van der Waals surface area contributed by atoms with E-state index in [9.17, 15) is 72.5 Å². The van der Waals surface area contributed by atoms with E-state index >= 15 is 19.2 Å². The van der Waals surface area contributed by atoms with Crippen LogP contribution >= 0.6 is 0 Å². The van der Waals surface area contributed by atoms with Crippen molar-refractivity contribution in [1.29, 1.82) is 0 Å². The molecule has 1 aliphatic heterocycles. The molecular weight excluding hydrogens is 1580 g/mol. The van der Waals surface area contributed by atoms with Crippen molar-refractivity contribution in [1.82, 2.24) is 85.1 Å². The maximum atomic E-state index is 15.4. The lowest BCUT2D eigenvalue weighted by Gasteiger charge is -2.29. The topological polar surface area (TPSA) is 579 Å². The number of carbonyl (C=O) groups excluding carboxylic acids is 17. The number of alkyl carbamates (subject to hydrolysis) is 5. The summed E-state index contributed by atoms with van der Waals surface area (Å²) in [7, 11) is 0. The van der Waals surface area contributed by atoms with Crippen molar-refractivity contribution in [3.63, 3.8) is 0 Å². The van der Waals surface area contributed by atoms with Crippen molar-refractivity contribution in [2.24, 2.45) is 5.92 Å². The van der Waals surface area contributed by atoms with Gasteiger partial charge in [-0.1, -0.05) is 57.5 Å². The van der Waals surface area contributed by atoms with Gasteiger partial charge < -0.3 is 124 Å². The number of aliphatic hydroxyl groups excluding tert-OH is 2. The smallest absolute Gasteiger partial charge is 0.407 e. The van der Waals surface area contributed by atoms with Crippen LogP contribution in [0.4, 0.5) is 24.0 Å². The Morgan fingerprint density at radius 2 is 0.843 bits per heavy atom. The Hall–Kier alpha value is -10.9. The number of aliphatic hydroxyl groups is 2. The van der Waals surface area contributed by atoms with Crippen LogP contribution in [0.15, 0.2) is 30.3 Å². The largest absolute Gasteiger partial charge is 0.466 e. The van der Waals surface area contributed by atoms with Gasteiger partial charge in [-0.15, -0.1) is 0 Å². The SMILES string of the molecule is CCCCOC(=O)CCC(=O)N[C@@H](CCNC(=O)OC(C)(C)C)C(=O)N[C@H](C(=O)N[C@@H](CCNC(=O)OC(C)(C)C)C(=O)N[C@H]1CCNC(=O)[C@H]([C@H](C)O)NC(=O)[C@H](CCNC(=O)OC(C)(C)C)NC(=O)[C@H](CCNC(=O)OC(C)(C)C)NC(=O)[C@H](CC(C)C)NC(=O)[C@@H](Cc2ccccc2)NC(=O)[C@H](CCNC(=O)OC(C)(C)C)NC1=O)C(C)O. The van der Waals surface area contributed by atoms with Crippen molar-refractivity contribution in [3.8, 4) is 0 Å². The first-order valence-electron chi connectivity index (χ1n) is 40.7. The molecule has 0 saturated carbocycles. The van der Waals surface area contributed by atoms with E-state index in [1.807, 2.05) is 6.92 Å². The molecule has 12 atom stereocenters. The number of rotatable bonds is 34. The fraction of sp³-hybridized carbons (Fsp3) is 0.713. The van der Waals surface area contributed by atoms with E-state index in [1.54, 1.807) is 148 Å². The zero-order valence-corrected chi connectivity index (χ0v) is 73.6. The van der Waals surface area contributed by atoms with Gasteiger partial charge in [-0.3, -0.25) is 57.5 Å². The van der Waals surface area contributed by atoms with E-state index in [-0.39, 0.29) is 39.0 Å². The molecule has 1 aromatic rings. The van der Waals surface area contributed by atoms with Crippen molar-refractivity contribution in [2.75, 3.05) is 45.9 Å². The molecule has 1 heterocycles. The zero-order chi connectivity index (χ0) is 91.9. The maximum absolute atomic E-state index is 15.4. The Morgan fingerprint density at radius 3 is 1.26 bits per heavy atom. The van der Waals surface area contributed by atoms with E-state index in [0.29, 0.717) is 18.4 Å². The third-order valence-electron chi connectivity index (χ3n) is 16.8. The van der Waals surface area contributed by atoms with Crippen LogP contribution in [0.2, 0.25) is 0 Å². The molecule has 0 radical (unpaired) electrons. The van der Waals surface area contributed by atoms with E-state index in [2.05, 4.69) is 85.1 Å². The van der Waals surface area contributed by atoms with Crippen LogP contribution in [0.1, 0.15) is 215 Å². The number of benzene rings is 1. The summed E-state index contributed by atoms with van der Waals surface area (Å²) in [6.07, 6.45) is -11.5. The summed E-state index contributed by atoms with van der Waals surface area (Å²) in [6.45, 7) is 28.6. The lowest BCUT2D eigenvalue weighted by molar-refractivity contribution is -0.145. The normalized spacial score (nSPS) is 19.6. The number of ether oxygens (including phenoxy) is 6. The number of nitrogens with one attached hydrogen (secondary N) is 16. The summed E-state index contributed by atoms with van der Waals surface area (Å²) in [4.78, 5) is 240. The van der Waals surface area contributed by atoms with Crippen molar-refractivity contribution in [3.05, 3.63) is 35.9 Å². The van der Waals surface area contributed by atoms with Gasteiger partial charge in [0, 0.05) is 52.1 Å². The average Bonchev–Trinajstić information content (AvgIpc) is 1.34. The monoisotopic (exact) mass is 1720 g/mol. The minimum absolute atomic E-state index is 0.0939. The quantitative estimate of drug-likeness (QED) is 0.0261. The summed E-state index contributed by atoms with van der Waals surface area (Å²) in [5.41, 5.74) is -4.59. The van der Waals surface area contributed by atoms with Gasteiger partial charge in [0.1, 0.15) is 88.4 Å². The van der Waals surface area contributed by atoms with Crippen molar-refractivity contribution < 1.29 is 120 Å². The molecule has 41 heteroatoms. The van der Waals surface area contributed by atoms with E-state index in [0.717, 1.165) is 13.8 Å². The van der Waals surface area contributed by atoms with Gasteiger partial charge in [-0.2, -0.15) is 0 Å². The molecule has 41 nitrogen and oxygen atoms in total. The van der Waals surface area contributed by atoms with E-state index < -0.39 is 279 Å². The molecule has 2 rings (SSSR count). The molecule has 1 saturated heterocycles. The van der Waals surface area contributed by atoms with Gasteiger partial charge >= 0.3 is 36.4 Å². The fourth-order valence-corrected chi connectivity index (χ4v) is 11.1. The average molecular weight is 1720 g/mol. The van der Waals surface area contributed by atoms with E-state index in [1.165, 1.54) is 0 Å². The Labute approximate surface area is 707 Å². The Kier molecular flexibility index (Phi) is 44.8. The molecule has 1 aliphatic rings. The summed E-state index contributed by atoms with van der Waals surface area (Å²) in [6, 6.07) is -9.73. The number of amides is 16. The zero-order valence-electron chi connectivity index (χ0n) is 73.6. The van der Waals surface area contributed by atoms with Gasteiger partial charge in [-0.05, 0) is 181 Å². The first-order chi connectivity index (χ1) is 56.0. The minimum atomic E-state index is -2.02. The molecule has 0 bridgehead atoms. The molecule has 1 fully saturated rings. The summed E-state index contributed by atoms with van der Waals surface area (Å²) in [5.74, 6) is -13.5.